The summed E-state index contributed by atoms with van der Waals surface area (Å²) in [6, 6.07) is 4.69. The molecule has 1 saturated heterocycles. The Kier molecular flexibility index (Phi) is 8.45. The Balaban J connectivity index is 1.26. The number of carbonyl (C=O) groups excluding carboxylic acids is 1. The van der Waals surface area contributed by atoms with Gasteiger partial charge in [0, 0.05) is 26.2 Å². The summed E-state index contributed by atoms with van der Waals surface area (Å²) >= 11 is 0. The second-order valence-electron chi connectivity index (χ2n) is 10.5. The number of likely N-dealkylation sites (N-methyl/N-ethyl adjacent to an activating group) is 1. The maximum Gasteiger partial charge on any atom is 0.416 e. The zero-order chi connectivity index (χ0) is 30.0. The van der Waals surface area contributed by atoms with Crippen molar-refractivity contribution in [3.63, 3.8) is 0 Å². The third-order valence-electron chi connectivity index (χ3n) is 7.63. The molecule has 0 aromatic heterocycles. The first-order valence-electron chi connectivity index (χ1n) is 13.5. The maximum absolute atomic E-state index is 15.2. The van der Waals surface area contributed by atoms with Gasteiger partial charge in [-0.2, -0.15) is 18.3 Å². The van der Waals surface area contributed by atoms with Crippen molar-refractivity contribution in [3.8, 4) is 0 Å². The standard InChI is InChI=1S/C28H31F5N8O/c1-39-9-11-40(12-10-39)8-2-3-19-15-20(25-26(34)35-16-36-41(19)25)17-4-7-23(22(30)13-17)37-27(42)38-24-14-18(28(31,32)33)5-6-21(24)29/h4-7,13-14,16,19H,2-3,8-12,15H2,1H3,(H2,34,35,36)(H2,37,38,42). The fraction of sp³-hybridized carbons (Fsp3) is 0.393. The summed E-state index contributed by atoms with van der Waals surface area (Å²) in [5.74, 6) is -1.59. The second kappa shape index (κ2) is 12.1. The molecule has 2 aromatic rings. The summed E-state index contributed by atoms with van der Waals surface area (Å²) in [4.78, 5) is 21.3. The van der Waals surface area contributed by atoms with Gasteiger partial charge in [-0.3, -0.25) is 5.01 Å². The molecule has 3 aliphatic heterocycles. The number of fused-ring (bicyclic) bond motifs is 1. The molecule has 4 N–H and O–H groups in total. The lowest BCUT2D eigenvalue weighted by atomic mass is 9.98. The molecule has 1 unspecified atom stereocenters. The van der Waals surface area contributed by atoms with Crippen molar-refractivity contribution in [2.24, 2.45) is 15.8 Å². The van der Waals surface area contributed by atoms with E-state index in [9.17, 15) is 22.4 Å². The Morgan fingerprint density at radius 2 is 1.76 bits per heavy atom. The molecule has 224 valence electrons. The minimum Gasteiger partial charge on any atom is -0.382 e. The summed E-state index contributed by atoms with van der Waals surface area (Å²) in [6.45, 7) is 5.12. The average Bonchev–Trinajstić information content (AvgIpc) is 3.31. The number of aliphatic imine (C=N–C) groups is 1. The lowest BCUT2D eigenvalue weighted by Gasteiger charge is -2.33. The van der Waals surface area contributed by atoms with Crippen LogP contribution < -0.4 is 16.4 Å². The molecule has 1 fully saturated rings. The van der Waals surface area contributed by atoms with E-state index in [2.05, 4.69) is 32.3 Å². The Morgan fingerprint density at radius 1 is 1.02 bits per heavy atom. The lowest BCUT2D eigenvalue weighted by molar-refractivity contribution is -0.137. The molecule has 0 spiro atoms. The van der Waals surface area contributed by atoms with Gasteiger partial charge in [0.05, 0.1) is 23.0 Å². The number of halogens is 5. The number of hydrazone groups is 1. The van der Waals surface area contributed by atoms with E-state index in [1.54, 1.807) is 6.07 Å². The molecular weight excluding hydrogens is 559 g/mol. The SMILES string of the molecule is CN1CCN(CCCC2CC(c3ccc(NC(=O)Nc4cc(C(F)(F)F)ccc4F)c(F)c3)=C3C(N)=NC=NN32)CC1. The first kappa shape index (κ1) is 29.5. The van der Waals surface area contributed by atoms with Crippen LogP contribution in [0.1, 0.15) is 30.4 Å². The number of nitrogens with two attached hydrogens (primary N) is 1. The first-order chi connectivity index (χ1) is 20.0. The Morgan fingerprint density at radius 3 is 2.48 bits per heavy atom. The molecule has 2 amide bonds. The van der Waals surface area contributed by atoms with Crippen LogP contribution in [0.2, 0.25) is 0 Å². The molecule has 2 aromatic carbocycles. The van der Waals surface area contributed by atoms with Gasteiger partial charge >= 0.3 is 12.2 Å². The molecule has 0 bridgehead atoms. The van der Waals surface area contributed by atoms with Crippen molar-refractivity contribution in [2.75, 3.05) is 50.4 Å². The molecule has 0 radical (unpaired) electrons. The maximum atomic E-state index is 15.2. The Labute approximate surface area is 239 Å². The largest absolute Gasteiger partial charge is 0.416 e. The number of urea groups is 1. The van der Waals surface area contributed by atoms with E-state index in [0.29, 0.717) is 35.9 Å². The summed E-state index contributed by atoms with van der Waals surface area (Å²) < 4.78 is 68.1. The van der Waals surface area contributed by atoms with Crippen molar-refractivity contribution in [2.45, 2.75) is 31.5 Å². The number of hydrogen-bond donors (Lipinski definition) is 3. The minimum absolute atomic E-state index is 0.0155. The summed E-state index contributed by atoms with van der Waals surface area (Å²) in [5.41, 5.74) is 6.04. The van der Waals surface area contributed by atoms with Crippen molar-refractivity contribution in [1.29, 1.82) is 0 Å². The molecular formula is C28H31F5N8O. The summed E-state index contributed by atoms with van der Waals surface area (Å²) in [5, 5.41) is 10.5. The van der Waals surface area contributed by atoms with Crippen LogP contribution in [0, 0.1) is 11.6 Å². The monoisotopic (exact) mass is 590 g/mol. The molecule has 42 heavy (non-hydrogen) atoms. The number of carbonyl (C=O) groups is 1. The van der Waals surface area contributed by atoms with E-state index >= 15 is 4.39 Å². The highest BCUT2D eigenvalue weighted by molar-refractivity contribution is 6.08. The number of benzene rings is 2. The van der Waals surface area contributed by atoms with Crippen LogP contribution in [0.4, 0.5) is 38.1 Å². The normalized spacial score (nSPS) is 19.6. The molecule has 9 nitrogen and oxygen atoms in total. The summed E-state index contributed by atoms with van der Waals surface area (Å²) in [7, 11) is 2.12. The van der Waals surface area contributed by atoms with Gasteiger partial charge in [0.15, 0.2) is 5.84 Å². The third kappa shape index (κ3) is 6.54. The number of piperazine rings is 1. The number of nitrogens with zero attached hydrogens (tertiary/aromatic N) is 5. The minimum atomic E-state index is -4.73. The first-order valence-corrected chi connectivity index (χ1v) is 13.5. The van der Waals surface area contributed by atoms with Gasteiger partial charge < -0.3 is 26.2 Å². The smallest absolute Gasteiger partial charge is 0.382 e. The lowest BCUT2D eigenvalue weighted by Crippen LogP contribution is -2.44. The fourth-order valence-electron chi connectivity index (χ4n) is 5.35. The highest BCUT2D eigenvalue weighted by atomic mass is 19.4. The second-order valence-corrected chi connectivity index (χ2v) is 10.5. The van der Waals surface area contributed by atoms with Gasteiger partial charge in [-0.25, -0.2) is 18.6 Å². The van der Waals surface area contributed by atoms with Crippen molar-refractivity contribution < 1.29 is 26.7 Å². The van der Waals surface area contributed by atoms with Crippen LogP contribution in [0.5, 0.6) is 0 Å². The topological polar surface area (TPSA) is 102 Å². The molecule has 5 rings (SSSR count). The molecule has 3 heterocycles. The van der Waals surface area contributed by atoms with Crippen LogP contribution in [0.15, 0.2) is 52.2 Å². The predicted molar refractivity (Wildman–Crippen MR) is 151 cm³/mol. The van der Waals surface area contributed by atoms with Crippen molar-refractivity contribution in [1.82, 2.24) is 14.8 Å². The highest BCUT2D eigenvalue weighted by Gasteiger charge is 2.36. The average molecular weight is 591 g/mol. The van der Waals surface area contributed by atoms with Crippen LogP contribution in [-0.2, 0) is 6.18 Å². The fourth-order valence-corrected chi connectivity index (χ4v) is 5.35. The number of rotatable bonds is 7. The van der Waals surface area contributed by atoms with Crippen LogP contribution >= 0.6 is 0 Å². The van der Waals surface area contributed by atoms with Crippen LogP contribution in [0.25, 0.3) is 5.57 Å². The zero-order valence-corrected chi connectivity index (χ0v) is 22.9. The number of nitrogens with one attached hydrogen (secondary N) is 2. The van der Waals surface area contributed by atoms with Gasteiger partial charge in [-0.05, 0) is 74.3 Å². The number of amides is 2. The number of hydrogen-bond acceptors (Lipinski definition) is 7. The molecule has 0 saturated carbocycles. The predicted octanol–water partition coefficient (Wildman–Crippen LogP) is 4.75. The number of amidine groups is 1. The van der Waals surface area contributed by atoms with E-state index in [1.807, 2.05) is 10.3 Å². The molecule has 3 aliphatic rings. The van der Waals surface area contributed by atoms with Gasteiger partial charge in [0.2, 0.25) is 0 Å². The Hall–Kier alpha value is -4.04. The van der Waals surface area contributed by atoms with Crippen molar-refractivity contribution in [3.05, 3.63) is 64.9 Å². The van der Waals surface area contributed by atoms with Gasteiger partial charge in [-0.1, -0.05) is 6.07 Å². The zero-order valence-electron chi connectivity index (χ0n) is 22.9. The van der Waals surface area contributed by atoms with Crippen molar-refractivity contribution >= 4 is 35.2 Å². The van der Waals surface area contributed by atoms with E-state index in [0.717, 1.165) is 51.1 Å². The molecule has 1 atom stereocenters. The Bertz CT molecular complexity index is 1430. The quantitative estimate of drug-likeness (QED) is 0.404. The van der Waals surface area contributed by atoms with E-state index in [-0.39, 0.29) is 17.6 Å². The van der Waals surface area contributed by atoms with E-state index < -0.39 is 35.1 Å². The number of anilines is 2. The molecule has 14 heteroatoms. The van der Waals surface area contributed by atoms with Gasteiger partial charge in [0.25, 0.3) is 0 Å². The summed E-state index contributed by atoms with van der Waals surface area (Å²) in [6.07, 6.45) is -0.966. The van der Waals surface area contributed by atoms with Gasteiger partial charge in [0.1, 0.15) is 23.7 Å². The molecule has 0 aliphatic carbocycles. The third-order valence-corrected chi connectivity index (χ3v) is 7.63. The van der Waals surface area contributed by atoms with Gasteiger partial charge in [-0.15, -0.1) is 0 Å². The van der Waals surface area contributed by atoms with Crippen LogP contribution in [0.3, 0.4) is 0 Å². The van der Waals surface area contributed by atoms with E-state index in [1.165, 1.54) is 18.5 Å². The number of alkyl halides is 3. The van der Waals surface area contributed by atoms with Crippen LogP contribution in [-0.4, -0.2) is 78.8 Å². The highest BCUT2D eigenvalue weighted by Crippen LogP contribution is 2.39. The van der Waals surface area contributed by atoms with E-state index in [4.69, 9.17) is 5.73 Å².